The first kappa shape index (κ1) is 14.6. The molecule has 0 atom stereocenters. The van der Waals surface area contributed by atoms with Crippen LogP contribution in [0.15, 0.2) is 30.5 Å². The van der Waals surface area contributed by atoms with E-state index in [1.54, 1.807) is 23.7 Å². The first-order chi connectivity index (χ1) is 11.4. The van der Waals surface area contributed by atoms with Crippen LogP contribution in [0.3, 0.4) is 0 Å². The van der Waals surface area contributed by atoms with E-state index in [9.17, 15) is 18.7 Å². The molecular formula is C18H12F2N2O2. The molecule has 0 aliphatic rings. The van der Waals surface area contributed by atoms with Crippen molar-refractivity contribution in [2.45, 2.75) is 6.92 Å². The van der Waals surface area contributed by atoms with Crippen molar-refractivity contribution in [1.29, 1.82) is 0 Å². The molecule has 2 aromatic carbocycles. The number of carboxylic acid groups (broad SMARTS) is 1. The molecule has 6 heteroatoms. The number of halogens is 2. The Hall–Kier alpha value is -3.02. The molecule has 0 unspecified atom stereocenters. The van der Waals surface area contributed by atoms with Crippen LogP contribution in [0.1, 0.15) is 16.1 Å². The van der Waals surface area contributed by atoms with Gasteiger partial charge in [-0.25, -0.2) is 18.6 Å². The van der Waals surface area contributed by atoms with E-state index in [-0.39, 0.29) is 5.69 Å². The van der Waals surface area contributed by atoms with E-state index in [1.165, 1.54) is 6.20 Å². The molecule has 120 valence electrons. The molecule has 0 saturated heterocycles. The second-order valence-electron chi connectivity index (χ2n) is 5.80. The van der Waals surface area contributed by atoms with Crippen LogP contribution in [-0.2, 0) is 7.05 Å². The van der Waals surface area contributed by atoms with Crippen molar-refractivity contribution in [2.24, 2.45) is 7.05 Å². The summed E-state index contributed by atoms with van der Waals surface area (Å²) in [6.45, 7) is 1.86. The number of aromatic nitrogens is 2. The zero-order valence-electron chi connectivity index (χ0n) is 12.9. The molecule has 24 heavy (non-hydrogen) atoms. The van der Waals surface area contributed by atoms with Crippen molar-refractivity contribution in [1.82, 2.24) is 9.55 Å². The Kier molecular flexibility index (Phi) is 2.87. The maximum Gasteiger partial charge on any atom is 0.355 e. The predicted molar refractivity (Wildman–Crippen MR) is 87.3 cm³/mol. The zero-order valence-corrected chi connectivity index (χ0v) is 12.9. The molecule has 0 radical (unpaired) electrons. The van der Waals surface area contributed by atoms with Gasteiger partial charge in [0.05, 0.1) is 11.0 Å². The van der Waals surface area contributed by atoms with Gasteiger partial charge in [-0.05, 0) is 36.1 Å². The van der Waals surface area contributed by atoms with Crippen LogP contribution in [0.2, 0.25) is 0 Å². The monoisotopic (exact) mass is 326 g/mol. The molecule has 0 spiro atoms. The Morgan fingerprint density at radius 2 is 1.79 bits per heavy atom. The van der Waals surface area contributed by atoms with Gasteiger partial charge in [-0.2, -0.15) is 0 Å². The highest BCUT2D eigenvalue weighted by atomic mass is 19.2. The van der Waals surface area contributed by atoms with Crippen molar-refractivity contribution in [3.63, 3.8) is 0 Å². The molecule has 2 heterocycles. The van der Waals surface area contributed by atoms with E-state index in [0.717, 1.165) is 28.6 Å². The second kappa shape index (κ2) is 4.74. The quantitative estimate of drug-likeness (QED) is 0.571. The average Bonchev–Trinajstić information content (AvgIpc) is 2.80. The Morgan fingerprint density at radius 3 is 2.50 bits per heavy atom. The normalized spacial score (nSPS) is 11.7. The molecule has 4 nitrogen and oxygen atoms in total. The molecule has 0 bridgehead atoms. The van der Waals surface area contributed by atoms with E-state index in [4.69, 9.17) is 0 Å². The first-order valence-electron chi connectivity index (χ1n) is 7.29. The smallest absolute Gasteiger partial charge is 0.355 e. The minimum Gasteiger partial charge on any atom is -0.476 e. The summed E-state index contributed by atoms with van der Waals surface area (Å²) in [4.78, 5) is 15.4. The Balaban J connectivity index is 2.31. The van der Waals surface area contributed by atoms with Gasteiger partial charge in [0.1, 0.15) is 0 Å². The molecule has 4 aromatic rings. The van der Waals surface area contributed by atoms with Crippen molar-refractivity contribution < 1.29 is 18.7 Å². The number of nitrogens with zero attached hydrogens (tertiary/aromatic N) is 2. The van der Waals surface area contributed by atoms with Gasteiger partial charge in [0.2, 0.25) is 0 Å². The molecule has 0 aliphatic heterocycles. The lowest BCUT2D eigenvalue weighted by atomic mass is 10.0. The lowest BCUT2D eigenvalue weighted by molar-refractivity contribution is 0.0693. The van der Waals surface area contributed by atoms with E-state index in [1.807, 2.05) is 6.92 Å². The minimum absolute atomic E-state index is 0.0583. The van der Waals surface area contributed by atoms with Gasteiger partial charge >= 0.3 is 5.97 Å². The van der Waals surface area contributed by atoms with Crippen LogP contribution >= 0.6 is 0 Å². The third kappa shape index (κ3) is 1.76. The summed E-state index contributed by atoms with van der Waals surface area (Å²) in [6.07, 6.45) is 1.45. The number of aromatic carboxylic acids is 1. The fourth-order valence-electron chi connectivity index (χ4n) is 3.45. The number of hydrogen-bond acceptors (Lipinski definition) is 2. The molecule has 4 rings (SSSR count). The molecular weight excluding hydrogens is 314 g/mol. The van der Waals surface area contributed by atoms with Gasteiger partial charge in [-0.15, -0.1) is 0 Å². The molecule has 0 amide bonds. The fourth-order valence-corrected chi connectivity index (χ4v) is 3.45. The Labute approximate surface area is 134 Å². The number of aryl methyl sites for hydroxylation is 2. The highest BCUT2D eigenvalue weighted by Gasteiger charge is 2.18. The Bertz CT molecular complexity index is 1180. The molecule has 0 saturated carbocycles. The molecule has 1 N–H and O–H groups in total. The first-order valence-corrected chi connectivity index (χ1v) is 7.29. The largest absolute Gasteiger partial charge is 0.476 e. The maximum atomic E-state index is 13.7. The van der Waals surface area contributed by atoms with E-state index in [0.29, 0.717) is 21.7 Å². The van der Waals surface area contributed by atoms with Gasteiger partial charge in [-0.1, -0.05) is 0 Å². The summed E-state index contributed by atoms with van der Waals surface area (Å²) >= 11 is 0. The van der Waals surface area contributed by atoms with Crippen LogP contribution in [0, 0.1) is 18.6 Å². The number of carboxylic acids is 1. The highest BCUT2D eigenvalue weighted by Crippen LogP contribution is 2.36. The molecule has 0 fully saturated rings. The molecule has 2 aromatic heterocycles. The third-order valence-electron chi connectivity index (χ3n) is 4.52. The van der Waals surface area contributed by atoms with E-state index < -0.39 is 17.6 Å². The summed E-state index contributed by atoms with van der Waals surface area (Å²) in [7, 11) is 1.78. The van der Waals surface area contributed by atoms with Crippen LogP contribution in [0.4, 0.5) is 8.78 Å². The van der Waals surface area contributed by atoms with Crippen molar-refractivity contribution in [3.05, 3.63) is 53.4 Å². The summed E-state index contributed by atoms with van der Waals surface area (Å²) in [6, 6.07) is 5.74. The number of hydrogen-bond donors (Lipinski definition) is 1. The number of fused-ring (bicyclic) bond motifs is 4. The molecule has 0 aliphatic carbocycles. The number of pyridine rings is 1. The van der Waals surface area contributed by atoms with Gasteiger partial charge in [0.15, 0.2) is 17.3 Å². The fraction of sp³-hybridized carbons (Fsp3) is 0.111. The lowest BCUT2D eigenvalue weighted by Gasteiger charge is -2.08. The topological polar surface area (TPSA) is 55.1 Å². The second-order valence-corrected chi connectivity index (χ2v) is 5.80. The van der Waals surface area contributed by atoms with Crippen molar-refractivity contribution >= 4 is 38.5 Å². The van der Waals surface area contributed by atoms with Gasteiger partial charge < -0.3 is 9.67 Å². The summed E-state index contributed by atoms with van der Waals surface area (Å²) in [5.41, 5.74) is 2.14. The van der Waals surface area contributed by atoms with Crippen LogP contribution in [-0.4, -0.2) is 20.6 Å². The van der Waals surface area contributed by atoms with Crippen molar-refractivity contribution in [3.8, 4) is 0 Å². The SMILES string of the molecule is Cc1c2ccnc(C(=O)O)c2cc2c3cc(F)c(F)cc3n(C)c12. The van der Waals surface area contributed by atoms with E-state index >= 15 is 0 Å². The van der Waals surface area contributed by atoms with Gasteiger partial charge in [0, 0.05) is 35.5 Å². The number of rotatable bonds is 1. The van der Waals surface area contributed by atoms with Gasteiger partial charge in [0.25, 0.3) is 0 Å². The third-order valence-corrected chi connectivity index (χ3v) is 4.52. The highest BCUT2D eigenvalue weighted by molar-refractivity contribution is 6.16. The maximum absolute atomic E-state index is 13.7. The summed E-state index contributed by atoms with van der Waals surface area (Å²) in [5.74, 6) is -2.97. The van der Waals surface area contributed by atoms with Crippen LogP contribution in [0.5, 0.6) is 0 Å². The Morgan fingerprint density at radius 1 is 1.08 bits per heavy atom. The minimum atomic E-state index is -1.13. The van der Waals surface area contributed by atoms with Crippen LogP contribution < -0.4 is 0 Å². The summed E-state index contributed by atoms with van der Waals surface area (Å²) < 4.78 is 29.1. The zero-order chi connectivity index (χ0) is 17.2. The number of benzene rings is 2. The summed E-state index contributed by atoms with van der Waals surface area (Å²) in [5, 5.41) is 11.8. The lowest BCUT2D eigenvalue weighted by Crippen LogP contribution is -2.01. The average molecular weight is 326 g/mol. The van der Waals surface area contributed by atoms with E-state index in [2.05, 4.69) is 4.98 Å². The number of carbonyl (C=O) groups is 1. The van der Waals surface area contributed by atoms with Crippen LogP contribution in [0.25, 0.3) is 32.6 Å². The van der Waals surface area contributed by atoms with Gasteiger partial charge in [-0.3, -0.25) is 0 Å². The van der Waals surface area contributed by atoms with Crippen molar-refractivity contribution in [2.75, 3.05) is 0 Å². The standard InChI is InChI=1S/C18H12F2N2O2/c1-8-9-3-4-21-16(18(23)24)11(9)5-12-10-6-13(19)14(20)7-15(10)22(2)17(8)12/h3-7H,1-2H3,(H,23,24). The predicted octanol–water partition coefficient (Wildman–Crippen LogP) is 4.16.